The molecule has 0 aromatic heterocycles. The van der Waals surface area contributed by atoms with E-state index in [4.69, 9.17) is 9.84 Å². The number of amides is 1. The van der Waals surface area contributed by atoms with E-state index in [1.54, 1.807) is 34.6 Å². The van der Waals surface area contributed by atoms with Gasteiger partial charge in [-0.15, -0.1) is 0 Å². The van der Waals surface area contributed by atoms with Crippen molar-refractivity contribution in [3.63, 3.8) is 0 Å². The number of carbonyl (C=O) groups excluding carboxylic acids is 1. The quantitative estimate of drug-likeness (QED) is 0.858. The number of halogens is 3. The molecule has 108 valence electrons. The number of aliphatic hydroxyl groups excluding tert-OH is 1. The van der Waals surface area contributed by atoms with E-state index in [9.17, 15) is 18.0 Å². The Bertz CT molecular complexity index is 284. The predicted octanol–water partition coefficient (Wildman–Crippen LogP) is 2.56. The van der Waals surface area contributed by atoms with Crippen LogP contribution in [0.4, 0.5) is 18.0 Å². The molecule has 0 aliphatic carbocycles. The van der Waals surface area contributed by atoms with E-state index in [1.165, 1.54) is 0 Å². The molecular weight excluding hydrogens is 251 g/mol. The zero-order valence-electron chi connectivity index (χ0n) is 11.2. The van der Waals surface area contributed by atoms with Crippen LogP contribution in [-0.2, 0) is 4.74 Å². The molecule has 0 spiro atoms. The fraction of sp³-hybridized carbons (Fsp3) is 0.909. The van der Waals surface area contributed by atoms with Gasteiger partial charge in [0.2, 0.25) is 0 Å². The molecule has 7 heteroatoms. The second-order valence-electron chi connectivity index (χ2n) is 5.28. The average molecular weight is 271 g/mol. The third-order valence-electron chi connectivity index (χ3n) is 2.00. The highest BCUT2D eigenvalue weighted by Crippen LogP contribution is 2.22. The van der Waals surface area contributed by atoms with E-state index in [1.807, 2.05) is 0 Å². The summed E-state index contributed by atoms with van der Waals surface area (Å²) in [4.78, 5) is 12.5. The summed E-state index contributed by atoms with van der Waals surface area (Å²) in [6.45, 7) is 7.10. The van der Waals surface area contributed by atoms with Crippen molar-refractivity contribution in [3.05, 3.63) is 0 Å². The highest BCUT2D eigenvalue weighted by atomic mass is 19.4. The highest BCUT2D eigenvalue weighted by Gasteiger charge is 2.41. The summed E-state index contributed by atoms with van der Waals surface area (Å²) in [5.41, 5.74) is -0.798. The van der Waals surface area contributed by atoms with Crippen molar-refractivity contribution >= 4 is 6.09 Å². The Hall–Kier alpha value is -0.980. The Morgan fingerprint density at radius 3 is 2.00 bits per heavy atom. The second kappa shape index (κ2) is 5.77. The Balaban J connectivity index is 4.74. The molecule has 0 aliphatic rings. The predicted molar refractivity (Wildman–Crippen MR) is 60.1 cm³/mol. The number of ether oxygens (including phenoxy) is 1. The number of aliphatic hydroxyl groups is 1. The van der Waals surface area contributed by atoms with Gasteiger partial charge in [0, 0.05) is 6.04 Å². The van der Waals surface area contributed by atoms with Gasteiger partial charge >= 0.3 is 12.3 Å². The SMILES string of the molecule is CC(C)N(CC(O)C(F)(F)F)C(=O)OC(C)(C)C. The van der Waals surface area contributed by atoms with Crippen LogP contribution in [-0.4, -0.2) is 46.6 Å². The molecule has 18 heavy (non-hydrogen) atoms. The van der Waals surface area contributed by atoms with Crippen molar-refractivity contribution in [2.75, 3.05) is 6.54 Å². The molecule has 1 atom stereocenters. The lowest BCUT2D eigenvalue weighted by atomic mass is 10.2. The zero-order chi connectivity index (χ0) is 14.7. The summed E-state index contributed by atoms with van der Waals surface area (Å²) in [5, 5.41) is 8.98. The van der Waals surface area contributed by atoms with Gasteiger partial charge in [-0.25, -0.2) is 4.79 Å². The van der Waals surface area contributed by atoms with Crippen molar-refractivity contribution in [3.8, 4) is 0 Å². The molecule has 1 amide bonds. The molecule has 0 heterocycles. The van der Waals surface area contributed by atoms with E-state index in [-0.39, 0.29) is 0 Å². The van der Waals surface area contributed by atoms with Crippen LogP contribution >= 0.6 is 0 Å². The molecular formula is C11H20F3NO3. The van der Waals surface area contributed by atoms with Gasteiger partial charge in [-0.05, 0) is 34.6 Å². The normalized spacial score (nSPS) is 14.6. The topological polar surface area (TPSA) is 49.8 Å². The van der Waals surface area contributed by atoms with Crippen molar-refractivity contribution in [2.24, 2.45) is 0 Å². The molecule has 0 aromatic carbocycles. The van der Waals surface area contributed by atoms with E-state index < -0.39 is 36.6 Å². The first-order valence-electron chi connectivity index (χ1n) is 5.59. The maximum Gasteiger partial charge on any atom is 0.416 e. The Morgan fingerprint density at radius 2 is 1.72 bits per heavy atom. The number of nitrogens with zero attached hydrogens (tertiary/aromatic N) is 1. The summed E-state index contributed by atoms with van der Waals surface area (Å²) in [6.07, 6.45) is -8.21. The molecule has 1 N–H and O–H groups in total. The average Bonchev–Trinajstić information content (AvgIpc) is 2.07. The van der Waals surface area contributed by atoms with Crippen molar-refractivity contribution < 1.29 is 27.8 Å². The molecule has 1 unspecified atom stereocenters. The van der Waals surface area contributed by atoms with Crippen LogP contribution in [0.25, 0.3) is 0 Å². The van der Waals surface area contributed by atoms with Gasteiger partial charge in [0.1, 0.15) is 5.60 Å². The lowest BCUT2D eigenvalue weighted by Crippen LogP contribution is -2.48. The van der Waals surface area contributed by atoms with Gasteiger partial charge in [0.25, 0.3) is 0 Å². The minimum Gasteiger partial charge on any atom is -0.444 e. The van der Waals surface area contributed by atoms with Crippen molar-refractivity contribution in [2.45, 2.75) is 58.5 Å². The molecule has 0 rings (SSSR count). The third kappa shape index (κ3) is 6.09. The minimum atomic E-state index is -4.75. The Morgan fingerprint density at radius 1 is 1.28 bits per heavy atom. The number of alkyl halides is 3. The third-order valence-corrected chi connectivity index (χ3v) is 2.00. The number of rotatable bonds is 3. The van der Waals surface area contributed by atoms with Gasteiger partial charge in [-0.1, -0.05) is 0 Å². The lowest BCUT2D eigenvalue weighted by Gasteiger charge is -2.31. The first kappa shape index (κ1) is 17.0. The minimum absolute atomic E-state index is 0.503. The molecule has 0 fully saturated rings. The van der Waals surface area contributed by atoms with E-state index in [2.05, 4.69) is 0 Å². The standard InChI is InChI=1S/C11H20F3NO3/c1-7(2)15(6-8(16)11(12,13)14)9(17)18-10(3,4)5/h7-8,16H,6H2,1-5H3. The molecule has 0 aromatic rings. The first-order valence-corrected chi connectivity index (χ1v) is 5.59. The van der Waals surface area contributed by atoms with Crippen molar-refractivity contribution in [1.29, 1.82) is 0 Å². The smallest absolute Gasteiger partial charge is 0.416 e. The summed E-state index contributed by atoms with van der Waals surface area (Å²) in [5.74, 6) is 0. The molecule has 0 saturated heterocycles. The van der Waals surface area contributed by atoms with Crippen LogP contribution in [0.15, 0.2) is 0 Å². The summed E-state index contributed by atoms with van der Waals surface area (Å²) in [7, 11) is 0. The highest BCUT2D eigenvalue weighted by molar-refractivity contribution is 5.68. The van der Waals surface area contributed by atoms with E-state index in [0.29, 0.717) is 0 Å². The molecule has 4 nitrogen and oxygen atoms in total. The van der Waals surface area contributed by atoms with Gasteiger partial charge in [0.15, 0.2) is 6.10 Å². The van der Waals surface area contributed by atoms with Crippen LogP contribution in [0.2, 0.25) is 0 Å². The molecule has 0 saturated carbocycles. The van der Waals surface area contributed by atoms with Gasteiger partial charge < -0.3 is 14.7 Å². The number of carbonyl (C=O) groups is 1. The van der Waals surface area contributed by atoms with E-state index >= 15 is 0 Å². The van der Waals surface area contributed by atoms with Crippen LogP contribution in [0, 0.1) is 0 Å². The fourth-order valence-electron chi connectivity index (χ4n) is 1.11. The zero-order valence-corrected chi connectivity index (χ0v) is 11.2. The summed E-state index contributed by atoms with van der Waals surface area (Å²) in [6, 6.07) is -0.503. The number of hydrogen-bond acceptors (Lipinski definition) is 3. The maximum atomic E-state index is 12.2. The van der Waals surface area contributed by atoms with Crippen LogP contribution < -0.4 is 0 Å². The van der Waals surface area contributed by atoms with Gasteiger partial charge in [0.05, 0.1) is 6.54 Å². The summed E-state index contributed by atoms with van der Waals surface area (Å²) >= 11 is 0. The number of hydrogen-bond donors (Lipinski definition) is 1. The fourth-order valence-corrected chi connectivity index (χ4v) is 1.11. The molecule has 0 bridgehead atoms. The molecule has 0 radical (unpaired) electrons. The van der Waals surface area contributed by atoms with Crippen LogP contribution in [0.5, 0.6) is 0 Å². The second-order valence-corrected chi connectivity index (χ2v) is 5.28. The Kier molecular flexibility index (Phi) is 5.46. The monoisotopic (exact) mass is 271 g/mol. The van der Waals surface area contributed by atoms with Crippen LogP contribution in [0.1, 0.15) is 34.6 Å². The Labute approximate surface area is 105 Å². The largest absolute Gasteiger partial charge is 0.444 e. The van der Waals surface area contributed by atoms with E-state index in [0.717, 1.165) is 4.90 Å². The summed E-state index contributed by atoms with van der Waals surface area (Å²) < 4.78 is 41.7. The van der Waals surface area contributed by atoms with Gasteiger partial charge in [-0.2, -0.15) is 13.2 Å². The maximum absolute atomic E-state index is 12.2. The van der Waals surface area contributed by atoms with Crippen LogP contribution in [0.3, 0.4) is 0 Å². The van der Waals surface area contributed by atoms with Crippen molar-refractivity contribution in [1.82, 2.24) is 4.90 Å². The van der Waals surface area contributed by atoms with Gasteiger partial charge in [-0.3, -0.25) is 0 Å². The lowest BCUT2D eigenvalue weighted by molar-refractivity contribution is -0.207. The molecule has 0 aliphatic heterocycles. The first-order chi connectivity index (χ1) is 7.84.